The summed E-state index contributed by atoms with van der Waals surface area (Å²) in [5, 5.41) is 0. The highest BCUT2D eigenvalue weighted by atomic mass is 19.1. The van der Waals surface area contributed by atoms with Crippen LogP contribution >= 0.6 is 0 Å². The van der Waals surface area contributed by atoms with Crippen molar-refractivity contribution in [1.29, 1.82) is 0 Å². The second-order valence-corrected chi connectivity index (χ2v) is 4.76. The summed E-state index contributed by atoms with van der Waals surface area (Å²) in [5.74, 6) is -1.14. The molecule has 2 rings (SSSR count). The highest BCUT2D eigenvalue weighted by molar-refractivity contribution is 5.89. The van der Waals surface area contributed by atoms with Crippen molar-refractivity contribution in [1.82, 2.24) is 0 Å². The summed E-state index contributed by atoms with van der Waals surface area (Å²) in [5.41, 5.74) is -0.00803. The van der Waals surface area contributed by atoms with Gasteiger partial charge in [0, 0.05) is 0 Å². The van der Waals surface area contributed by atoms with E-state index in [0.717, 1.165) is 32.8 Å². The molecule has 0 amide bonds. The molecule has 0 unspecified atom stereocenters. The van der Waals surface area contributed by atoms with E-state index in [2.05, 4.69) is 0 Å². The molecule has 0 bridgehead atoms. The average molecular weight is 268 g/mol. The summed E-state index contributed by atoms with van der Waals surface area (Å²) >= 11 is 0. The maximum absolute atomic E-state index is 13.4. The van der Waals surface area contributed by atoms with Gasteiger partial charge >= 0.3 is 5.97 Å². The van der Waals surface area contributed by atoms with E-state index in [9.17, 15) is 9.18 Å². The maximum Gasteiger partial charge on any atom is 0.341 e. The molecule has 0 saturated carbocycles. The number of esters is 1. The number of benzene rings is 1. The van der Waals surface area contributed by atoms with Gasteiger partial charge in [-0.15, -0.1) is 0 Å². The first-order valence-electron chi connectivity index (χ1n) is 6.53. The van der Waals surface area contributed by atoms with E-state index in [-0.39, 0.29) is 11.7 Å². The van der Waals surface area contributed by atoms with Crippen molar-refractivity contribution in [2.24, 2.45) is 0 Å². The van der Waals surface area contributed by atoms with Crippen molar-refractivity contribution in [2.45, 2.75) is 13.0 Å². The summed E-state index contributed by atoms with van der Waals surface area (Å²) in [6.45, 7) is 5.88. The van der Waals surface area contributed by atoms with Crippen LogP contribution in [-0.4, -0.2) is 44.9 Å². The van der Waals surface area contributed by atoms with Crippen LogP contribution in [0.15, 0.2) is 24.3 Å². The lowest BCUT2D eigenvalue weighted by Gasteiger charge is -2.26. The van der Waals surface area contributed by atoms with Crippen LogP contribution in [0.1, 0.15) is 17.3 Å². The van der Waals surface area contributed by atoms with Crippen LogP contribution < -0.4 is 4.90 Å². The van der Waals surface area contributed by atoms with Crippen molar-refractivity contribution in [3.05, 3.63) is 35.6 Å². The van der Waals surface area contributed by atoms with Crippen molar-refractivity contribution in [3.8, 4) is 0 Å². The molecule has 1 aliphatic heterocycles. The molecule has 1 aromatic rings. The quantitative estimate of drug-likeness (QED) is 0.798. The van der Waals surface area contributed by atoms with Crippen LogP contribution in [0, 0.1) is 5.82 Å². The zero-order chi connectivity index (χ0) is 13.7. The van der Waals surface area contributed by atoms with Crippen LogP contribution in [0.2, 0.25) is 0 Å². The molecular weight excluding hydrogens is 249 g/mol. The molecule has 1 fully saturated rings. The highest BCUT2D eigenvalue weighted by Crippen LogP contribution is 2.08. The van der Waals surface area contributed by atoms with Gasteiger partial charge in [-0.1, -0.05) is 12.1 Å². The normalized spacial score (nSPS) is 18.0. The molecule has 4 nitrogen and oxygen atoms in total. The molecule has 104 valence electrons. The van der Waals surface area contributed by atoms with Crippen molar-refractivity contribution < 1.29 is 23.6 Å². The second kappa shape index (κ2) is 6.63. The summed E-state index contributed by atoms with van der Waals surface area (Å²) in [6, 6.07) is 5.87. The van der Waals surface area contributed by atoms with E-state index in [0.29, 0.717) is 0 Å². The zero-order valence-electron chi connectivity index (χ0n) is 11.0. The van der Waals surface area contributed by atoms with Gasteiger partial charge in [-0.25, -0.2) is 9.18 Å². The van der Waals surface area contributed by atoms with Crippen LogP contribution in [0.4, 0.5) is 4.39 Å². The van der Waals surface area contributed by atoms with Gasteiger partial charge in [0.15, 0.2) is 0 Å². The molecule has 0 aliphatic carbocycles. The Labute approximate surface area is 112 Å². The van der Waals surface area contributed by atoms with Gasteiger partial charge in [0.1, 0.15) is 31.6 Å². The van der Waals surface area contributed by atoms with Crippen molar-refractivity contribution in [3.63, 3.8) is 0 Å². The molecule has 1 atom stereocenters. The first-order chi connectivity index (χ1) is 9.16. The minimum Gasteiger partial charge on any atom is -0.453 e. The minimum atomic E-state index is -0.599. The van der Waals surface area contributed by atoms with Gasteiger partial charge < -0.3 is 14.4 Å². The number of morpholine rings is 1. The Balaban J connectivity index is 1.86. The third-order valence-corrected chi connectivity index (χ3v) is 3.18. The molecule has 1 saturated heterocycles. The molecule has 1 aliphatic rings. The number of rotatable bonds is 4. The Morgan fingerprint density at radius 3 is 2.79 bits per heavy atom. The van der Waals surface area contributed by atoms with E-state index in [4.69, 9.17) is 9.47 Å². The molecule has 1 heterocycles. The van der Waals surface area contributed by atoms with Gasteiger partial charge in [0.25, 0.3) is 0 Å². The van der Waals surface area contributed by atoms with Gasteiger partial charge in [-0.05, 0) is 19.1 Å². The number of halogens is 1. The molecule has 0 spiro atoms. The summed E-state index contributed by atoms with van der Waals surface area (Å²) in [6.07, 6.45) is -0.236. The fourth-order valence-electron chi connectivity index (χ4n) is 2.19. The van der Waals surface area contributed by atoms with E-state index in [1.165, 1.54) is 17.0 Å². The Kier molecular flexibility index (Phi) is 4.87. The third kappa shape index (κ3) is 4.01. The lowest BCUT2D eigenvalue weighted by atomic mass is 10.2. The first kappa shape index (κ1) is 14.0. The molecular formula is C14H19FNO3+. The Morgan fingerprint density at radius 1 is 1.42 bits per heavy atom. The number of nitrogens with one attached hydrogen (secondary N) is 1. The van der Waals surface area contributed by atoms with Crippen molar-refractivity contribution in [2.75, 3.05) is 32.8 Å². The van der Waals surface area contributed by atoms with Crippen LogP contribution in [0.3, 0.4) is 0 Å². The number of carbonyl (C=O) groups excluding carboxylic acids is 1. The predicted molar refractivity (Wildman–Crippen MR) is 67.7 cm³/mol. The fourth-order valence-corrected chi connectivity index (χ4v) is 2.19. The monoisotopic (exact) mass is 268 g/mol. The standard InChI is InChI=1S/C14H18FNO3/c1-11(10-16-6-8-18-9-7-16)19-14(17)12-4-2-3-5-13(12)15/h2-5,11H,6-10H2,1H3/p+1/t11-/m0/s1. The summed E-state index contributed by atoms with van der Waals surface area (Å²) in [4.78, 5) is 13.2. The van der Waals surface area contributed by atoms with Gasteiger partial charge in [-0.3, -0.25) is 0 Å². The first-order valence-corrected chi connectivity index (χ1v) is 6.53. The van der Waals surface area contributed by atoms with Gasteiger partial charge in [-0.2, -0.15) is 0 Å². The molecule has 0 radical (unpaired) electrons. The largest absolute Gasteiger partial charge is 0.453 e. The lowest BCUT2D eigenvalue weighted by molar-refractivity contribution is -0.910. The van der Waals surface area contributed by atoms with Crippen LogP contribution in [0.5, 0.6) is 0 Å². The van der Waals surface area contributed by atoms with E-state index < -0.39 is 11.8 Å². The topological polar surface area (TPSA) is 40.0 Å². The number of quaternary nitrogens is 1. The molecule has 0 aromatic heterocycles. The van der Waals surface area contributed by atoms with Crippen molar-refractivity contribution >= 4 is 5.97 Å². The number of hydrogen-bond acceptors (Lipinski definition) is 3. The van der Waals surface area contributed by atoms with Crippen LogP contribution in [0.25, 0.3) is 0 Å². The average Bonchev–Trinajstić information content (AvgIpc) is 2.40. The Bertz CT molecular complexity index is 432. The Hall–Kier alpha value is -1.46. The summed E-state index contributed by atoms with van der Waals surface area (Å²) in [7, 11) is 0. The third-order valence-electron chi connectivity index (χ3n) is 3.18. The molecule has 5 heteroatoms. The Morgan fingerprint density at radius 2 is 2.11 bits per heavy atom. The fraction of sp³-hybridized carbons (Fsp3) is 0.500. The second-order valence-electron chi connectivity index (χ2n) is 4.76. The molecule has 1 aromatic carbocycles. The van der Waals surface area contributed by atoms with E-state index in [1.807, 2.05) is 6.92 Å². The maximum atomic E-state index is 13.4. The molecule has 19 heavy (non-hydrogen) atoms. The number of carbonyl (C=O) groups is 1. The molecule has 1 N–H and O–H groups in total. The summed E-state index contributed by atoms with van der Waals surface area (Å²) < 4.78 is 24.0. The predicted octanol–water partition coefficient (Wildman–Crippen LogP) is 0.286. The lowest BCUT2D eigenvalue weighted by Crippen LogP contribution is -3.15. The van der Waals surface area contributed by atoms with Crippen LogP contribution in [-0.2, 0) is 9.47 Å². The highest BCUT2D eigenvalue weighted by Gasteiger charge is 2.21. The van der Waals surface area contributed by atoms with E-state index >= 15 is 0 Å². The number of hydrogen-bond donors (Lipinski definition) is 1. The smallest absolute Gasteiger partial charge is 0.341 e. The van der Waals surface area contributed by atoms with E-state index in [1.54, 1.807) is 12.1 Å². The SMILES string of the molecule is C[C@@H](C[NH+]1CCOCC1)OC(=O)c1ccccc1F. The van der Waals surface area contributed by atoms with Gasteiger partial charge in [0.2, 0.25) is 0 Å². The zero-order valence-corrected chi connectivity index (χ0v) is 11.0. The minimum absolute atomic E-state index is 0.00803. The van der Waals surface area contributed by atoms with Gasteiger partial charge in [0.05, 0.1) is 18.8 Å². The number of ether oxygens (including phenoxy) is 2.